The van der Waals surface area contributed by atoms with Crippen LogP contribution < -0.4 is 10.6 Å². The highest BCUT2D eigenvalue weighted by atomic mass is 16.3. The molecule has 0 aliphatic heterocycles. The van der Waals surface area contributed by atoms with Crippen molar-refractivity contribution in [2.24, 2.45) is 5.92 Å². The highest BCUT2D eigenvalue weighted by molar-refractivity contribution is 6.03. The number of fused-ring (bicyclic) bond motifs is 1. The van der Waals surface area contributed by atoms with E-state index in [0.717, 1.165) is 24.1 Å². The number of hydrogen-bond donors (Lipinski definition) is 3. The molecule has 8 nitrogen and oxygen atoms in total. The van der Waals surface area contributed by atoms with Crippen LogP contribution >= 0.6 is 0 Å². The third kappa shape index (κ3) is 3.68. The molecule has 1 aliphatic carbocycles. The Kier molecular flexibility index (Phi) is 4.95. The van der Waals surface area contributed by atoms with Crippen LogP contribution in [0.15, 0.2) is 36.8 Å². The molecule has 1 aliphatic rings. The molecule has 0 spiro atoms. The van der Waals surface area contributed by atoms with Gasteiger partial charge in [-0.15, -0.1) is 0 Å². The first-order chi connectivity index (χ1) is 13.6. The molecule has 146 valence electrons. The van der Waals surface area contributed by atoms with Crippen LogP contribution in [0.3, 0.4) is 0 Å². The number of carbonyl (C=O) groups is 1. The van der Waals surface area contributed by atoms with Gasteiger partial charge in [-0.25, -0.2) is 4.98 Å². The zero-order valence-electron chi connectivity index (χ0n) is 16.0. The van der Waals surface area contributed by atoms with E-state index in [1.807, 2.05) is 20.0 Å². The Hall–Kier alpha value is -3.00. The van der Waals surface area contributed by atoms with Gasteiger partial charge in [0.2, 0.25) is 0 Å². The molecule has 3 N–H and O–H groups in total. The molecule has 0 bridgehead atoms. The minimum atomic E-state index is -0.266. The van der Waals surface area contributed by atoms with Gasteiger partial charge in [0.05, 0.1) is 24.4 Å². The van der Waals surface area contributed by atoms with Crippen LogP contribution in [-0.4, -0.2) is 43.2 Å². The van der Waals surface area contributed by atoms with Gasteiger partial charge in [-0.1, -0.05) is 13.8 Å². The first kappa shape index (κ1) is 18.4. The molecule has 1 atom stereocenters. The summed E-state index contributed by atoms with van der Waals surface area (Å²) in [6.45, 7) is 4.06. The molecule has 1 fully saturated rings. The van der Waals surface area contributed by atoms with Crippen LogP contribution in [0.4, 0.5) is 11.6 Å². The summed E-state index contributed by atoms with van der Waals surface area (Å²) in [6, 6.07) is 5.04. The van der Waals surface area contributed by atoms with Crippen molar-refractivity contribution in [2.75, 3.05) is 17.2 Å². The molecule has 8 heteroatoms. The SMILES string of the molecule is CC(C)[C@@H](CO)Nc1cc(NC(=O)c2cccnc2)n2ncc(C3CC3)c2n1. The highest BCUT2D eigenvalue weighted by Gasteiger charge is 2.28. The van der Waals surface area contributed by atoms with Gasteiger partial charge in [0, 0.05) is 24.0 Å². The van der Waals surface area contributed by atoms with Crippen LogP contribution in [0.5, 0.6) is 0 Å². The van der Waals surface area contributed by atoms with E-state index < -0.39 is 0 Å². The van der Waals surface area contributed by atoms with E-state index in [0.29, 0.717) is 23.1 Å². The first-order valence-electron chi connectivity index (χ1n) is 9.54. The monoisotopic (exact) mass is 380 g/mol. The number of pyridine rings is 1. The van der Waals surface area contributed by atoms with Gasteiger partial charge < -0.3 is 15.7 Å². The number of anilines is 2. The highest BCUT2D eigenvalue weighted by Crippen LogP contribution is 2.42. The molecular weight excluding hydrogens is 356 g/mol. The second-order valence-electron chi connectivity index (χ2n) is 7.51. The Morgan fingerprint density at radius 2 is 2.18 bits per heavy atom. The van der Waals surface area contributed by atoms with Crippen molar-refractivity contribution < 1.29 is 9.90 Å². The number of carbonyl (C=O) groups excluding carboxylic acids is 1. The van der Waals surface area contributed by atoms with Gasteiger partial charge in [0.1, 0.15) is 11.6 Å². The average Bonchev–Trinajstić information content (AvgIpc) is 3.45. The fraction of sp³-hybridized carbons (Fsp3) is 0.400. The Morgan fingerprint density at radius 1 is 1.36 bits per heavy atom. The van der Waals surface area contributed by atoms with Crippen molar-refractivity contribution in [3.05, 3.63) is 47.9 Å². The molecule has 0 radical (unpaired) electrons. The maximum Gasteiger partial charge on any atom is 0.258 e. The largest absolute Gasteiger partial charge is 0.394 e. The smallest absolute Gasteiger partial charge is 0.258 e. The van der Waals surface area contributed by atoms with Crippen molar-refractivity contribution in [3.63, 3.8) is 0 Å². The van der Waals surface area contributed by atoms with E-state index in [9.17, 15) is 9.90 Å². The van der Waals surface area contributed by atoms with Gasteiger partial charge in [-0.3, -0.25) is 9.78 Å². The minimum Gasteiger partial charge on any atom is -0.394 e. The van der Waals surface area contributed by atoms with E-state index in [2.05, 4.69) is 20.7 Å². The third-order valence-corrected chi connectivity index (χ3v) is 5.02. The summed E-state index contributed by atoms with van der Waals surface area (Å²) < 4.78 is 1.66. The number of hydrogen-bond acceptors (Lipinski definition) is 6. The molecule has 4 rings (SSSR count). The fourth-order valence-corrected chi connectivity index (χ4v) is 3.12. The summed E-state index contributed by atoms with van der Waals surface area (Å²) in [5, 5.41) is 20.3. The Balaban J connectivity index is 1.72. The first-order valence-corrected chi connectivity index (χ1v) is 9.54. The van der Waals surface area contributed by atoms with Crippen LogP contribution in [0.2, 0.25) is 0 Å². The zero-order chi connectivity index (χ0) is 19.7. The predicted molar refractivity (Wildman–Crippen MR) is 106 cm³/mol. The van der Waals surface area contributed by atoms with E-state index in [1.54, 1.807) is 28.9 Å². The Bertz CT molecular complexity index is 981. The van der Waals surface area contributed by atoms with Crippen molar-refractivity contribution in [1.82, 2.24) is 19.6 Å². The summed E-state index contributed by atoms with van der Waals surface area (Å²) in [7, 11) is 0. The van der Waals surface area contributed by atoms with E-state index in [1.165, 1.54) is 6.20 Å². The van der Waals surface area contributed by atoms with Gasteiger partial charge in [0.25, 0.3) is 5.91 Å². The molecule has 0 saturated heterocycles. The molecule has 0 unspecified atom stereocenters. The molecule has 1 amide bonds. The van der Waals surface area contributed by atoms with Gasteiger partial charge >= 0.3 is 0 Å². The van der Waals surface area contributed by atoms with Crippen LogP contribution in [-0.2, 0) is 0 Å². The molecule has 3 heterocycles. The fourth-order valence-electron chi connectivity index (χ4n) is 3.12. The normalized spacial score (nSPS) is 15.0. The van der Waals surface area contributed by atoms with Crippen molar-refractivity contribution in [3.8, 4) is 0 Å². The Morgan fingerprint density at radius 3 is 2.82 bits per heavy atom. The molecular formula is C20H24N6O2. The lowest BCUT2D eigenvalue weighted by molar-refractivity contribution is 0.102. The van der Waals surface area contributed by atoms with Crippen molar-refractivity contribution >= 4 is 23.2 Å². The summed E-state index contributed by atoms with van der Waals surface area (Å²) in [6.07, 6.45) is 7.23. The molecule has 28 heavy (non-hydrogen) atoms. The lowest BCUT2D eigenvalue weighted by Gasteiger charge is -2.21. The lowest BCUT2D eigenvalue weighted by Crippen LogP contribution is -2.30. The van der Waals surface area contributed by atoms with Crippen LogP contribution in [0.1, 0.15) is 48.5 Å². The third-order valence-electron chi connectivity index (χ3n) is 5.02. The summed E-state index contributed by atoms with van der Waals surface area (Å²) >= 11 is 0. The van der Waals surface area contributed by atoms with E-state index in [4.69, 9.17) is 4.98 Å². The molecule has 0 aromatic carbocycles. The summed E-state index contributed by atoms with van der Waals surface area (Å²) in [4.78, 5) is 21.4. The number of nitrogens with one attached hydrogen (secondary N) is 2. The van der Waals surface area contributed by atoms with Crippen molar-refractivity contribution in [2.45, 2.75) is 38.6 Å². The number of aromatic nitrogens is 4. The second kappa shape index (κ2) is 7.55. The summed E-state index contributed by atoms with van der Waals surface area (Å²) in [5.74, 6) is 1.56. The standard InChI is InChI=1S/C20H24N6O2/c1-12(2)16(11-27)23-17-8-18(25-20(28)14-4-3-7-21-9-14)26-19(24-17)15(10-22-26)13-5-6-13/h3-4,7-10,12-13,16,27H,5-6,11H2,1-2H3,(H,23,24)(H,25,28)/t16-/m1/s1. The van der Waals surface area contributed by atoms with Crippen molar-refractivity contribution in [1.29, 1.82) is 0 Å². The second-order valence-corrected chi connectivity index (χ2v) is 7.51. The quantitative estimate of drug-likeness (QED) is 0.582. The maximum absolute atomic E-state index is 12.6. The number of rotatable bonds is 7. The molecule has 1 saturated carbocycles. The van der Waals surface area contributed by atoms with Crippen LogP contribution in [0, 0.1) is 5.92 Å². The predicted octanol–water partition coefficient (Wildman–Crippen LogP) is 2.68. The topological polar surface area (TPSA) is 104 Å². The maximum atomic E-state index is 12.6. The minimum absolute atomic E-state index is 0.00333. The Labute approximate surface area is 163 Å². The van der Waals surface area contributed by atoms with E-state index >= 15 is 0 Å². The van der Waals surface area contributed by atoms with Gasteiger partial charge in [-0.05, 0) is 36.8 Å². The number of amides is 1. The average molecular weight is 380 g/mol. The molecule has 3 aromatic heterocycles. The number of nitrogens with zero attached hydrogens (tertiary/aromatic N) is 4. The van der Waals surface area contributed by atoms with Crippen LogP contribution in [0.25, 0.3) is 5.65 Å². The molecule has 3 aromatic rings. The summed E-state index contributed by atoms with van der Waals surface area (Å²) in [5.41, 5.74) is 2.28. The lowest BCUT2D eigenvalue weighted by atomic mass is 10.1. The van der Waals surface area contributed by atoms with Gasteiger partial charge in [0.15, 0.2) is 5.65 Å². The number of aliphatic hydroxyl groups is 1. The van der Waals surface area contributed by atoms with E-state index in [-0.39, 0.29) is 24.5 Å². The zero-order valence-corrected chi connectivity index (χ0v) is 16.0. The van der Waals surface area contributed by atoms with Gasteiger partial charge in [-0.2, -0.15) is 9.61 Å². The number of aliphatic hydroxyl groups excluding tert-OH is 1.